The number of benzene rings is 1. The molecule has 112 valence electrons. The summed E-state index contributed by atoms with van der Waals surface area (Å²) in [7, 11) is 0. The van der Waals surface area contributed by atoms with E-state index in [-0.39, 0.29) is 23.2 Å². The highest BCUT2D eigenvalue weighted by Crippen LogP contribution is 2.40. The lowest BCUT2D eigenvalue weighted by Gasteiger charge is -2.34. The van der Waals surface area contributed by atoms with Crippen LogP contribution >= 0.6 is 0 Å². The second kappa shape index (κ2) is 6.29. The third-order valence-electron chi connectivity index (χ3n) is 4.10. The first-order valence-corrected chi connectivity index (χ1v) is 7.21. The molecule has 1 aromatic rings. The molecule has 0 amide bonds. The van der Waals surface area contributed by atoms with Crippen LogP contribution < -0.4 is 5.73 Å². The maximum absolute atomic E-state index is 12.4. The van der Waals surface area contributed by atoms with Gasteiger partial charge in [-0.25, -0.2) is 0 Å². The summed E-state index contributed by atoms with van der Waals surface area (Å²) in [4.78, 5) is 12.4. The molecule has 0 fully saturated rings. The number of para-hydroxylation sites is 1. The molecule has 0 saturated carbocycles. The van der Waals surface area contributed by atoms with Gasteiger partial charge < -0.3 is 10.5 Å². The molecule has 0 aromatic heterocycles. The van der Waals surface area contributed by atoms with Gasteiger partial charge in [-0.15, -0.1) is 0 Å². The molecule has 2 N–H and O–H groups in total. The summed E-state index contributed by atoms with van der Waals surface area (Å²) < 4.78 is 5.28. The minimum absolute atomic E-state index is 0.00634. The van der Waals surface area contributed by atoms with Crippen LogP contribution in [0.3, 0.4) is 0 Å². The van der Waals surface area contributed by atoms with Gasteiger partial charge in [-0.3, -0.25) is 4.79 Å². The second-order valence-electron chi connectivity index (χ2n) is 6.46. The largest absolute Gasteiger partial charge is 0.466 e. The SMILES string of the molecule is CCOC(=O)C(c1cccc(C)c1N)C(C)C(C)(C)C. The average molecular weight is 277 g/mol. The maximum Gasteiger partial charge on any atom is 0.313 e. The van der Waals surface area contributed by atoms with Gasteiger partial charge in [-0.05, 0) is 36.3 Å². The number of rotatable bonds is 4. The summed E-state index contributed by atoms with van der Waals surface area (Å²) in [6.45, 7) is 12.7. The van der Waals surface area contributed by atoms with E-state index in [2.05, 4.69) is 27.7 Å². The lowest BCUT2D eigenvalue weighted by Crippen LogP contribution is -2.31. The molecule has 0 aliphatic carbocycles. The lowest BCUT2D eigenvalue weighted by atomic mass is 9.71. The highest BCUT2D eigenvalue weighted by molar-refractivity contribution is 5.81. The molecule has 0 spiro atoms. The molecule has 1 rings (SSSR count). The predicted molar refractivity (Wildman–Crippen MR) is 83.6 cm³/mol. The zero-order chi connectivity index (χ0) is 15.5. The van der Waals surface area contributed by atoms with Crippen LogP contribution in [-0.4, -0.2) is 12.6 Å². The first kappa shape index (κ1) is 16.5. The summed E-state index contributed by atoms with van der Waals surface area (Å²) in [5, 5.41) is 0. The molecule has 3 nitrogen and oxygen atoms in total. The van der Waals surface area contributed by atoms with E-state index in [1.807, 2.05) is 32.0 Å². The number of hydrogen-bond acceptors (Lipinski definition) is 3. The van der Waals surface area contributed by atoms with Crippen LogP contribution in [0.5, 0.6) is 0 Å². The third-order valence-corrected chi connectivity index (χ3v) is 4.10. The summed E-state index contributed by atoms with van der Waals surface area (Å²) in [6.07, 6.45) is 0. The standard InChI is InChI=1S/C17H27NO2/c1-7-20-16(19)14(12(3)17(4,5)6)13-10-8-9-11(2)15(13)18/h8-10,12,14H,7,18H2,1-6H3. The van der Waals surface area contributed by atoms with Gasteiger partial charge in [0.1, 0.15) is 0 Å². The molecule has 0 saturated heterocycles. The van der Waals surface area contributed by atoms with Gasteiger partial charge in [0, 0.05) is 5.69 Å². The number of nitrogen functional groups attached to an aromatic ring is 1. The highest BCUT2D eigenvalue weighted by Gasteiger charge is 2.36. The Morgan fingerprint density at radius 1 is 1.35 bits per heavy atom. The lowest BCUT2D eigenvalue weighted by molar-refractivity contribution is -0.147. The number of carbonyl (C=O) groups excluding carboxylic acids is 1. The van der Waals surface area contributed by atoms with Gasteiger partial charge in [-0.2, -0.15) is 0 Å². The van der Waals surface area contributed by atoms with E-state index in [4.69, 9.17) is 10.5 Å². The Morgan fingerprint density at radius 3 is 2.45 bits per heavy atom. The van der Waals surface area contributed by atoms with Crippen molar-refractivity contribution in [2.75, 3.05) is 12.3 Å². The Bertz CT molecular complexity index is 474. The van der Waals surface area contributed by atoms with Crippen LogP contribution in [0.1, 0.15) is 51.7 Å². The number of nitrogens with two attached hydrogens (primary N) is 1. The Kier molecular flexibility index (Phi) is 5.21. The smallest absolute Gasteiger partial charge is 0.313 e. The quantitative estimate of drug-likeness (QED) is 0.670. The predicted octanol–water partition coefficient (Wildman–Crippen LogP) is 3.91. The van der Waals surface area contributed by atoms with Gasteiger partial charge in [-0.1, -0.05) is 45.9 Å². The van der Waals surface area contributed by atoms with Crippen LogP contribution in [0.4, 0.5) is 5.69 Å². The van der Waals surface area contributed by atoms with Gasteiger partial charge in [0.05, 0.1) is 12.5 Å². The number of carbonyl (C=O) groups is 1. The van der Waals surface area contributed by atoms with E-state index in [9.17, 15) is 4.79 Å². The van der Waals surface area contributed by atoms with Crippen molar-refractivity contribution >= 4 is 11.7 Å². The van der Waals surface area contributed by atoms with E-state index in [1.165, 1.54) is 0 Å². The topological polar surface area (TPSA) is 52.3 Å². The van der Waals surface area contributed by atoms with Crippen LogP contribution in [0.2, 0.25) is 0 Å². The van der Waals surface area contributed by atoms with Crippen LogP contribution in [0.15, 0.2) is 18.2 Å². The van der Waals surface area contributed by atoms with Crippen molar-refractivity contribution in [2.45, 2.75) is 47.5 Å². The van der Waals surface area contributed by atoms with Crippen LogP contribution in [-0.2, 0) is 9.53 Å². The molecule has 2 unspecified atom stereocenters. The Morgan fingerprint density at radius 2 is 1.95 bits per heavy atom. The second-order valence-corrected chi connectivity index (χ2v) is 6.46. The van der Waals surface area contributed by atoms with Crippen molar-refractivity contribution in [3.8, 4) is 0 Å². The minimum Gasteiger partial charge on any atom is -0.466 e. The molecular weight excluding hydrogens is 250 g/mol. The highest BCUT2D eigenvalue weighted by atomic mass is 16.5. The summed E-state index contributed by atoms with van der Waals surface area (Å²) >= 11 is 0. The third kappa shape index (κ3) is 3.53. The molecular formula is C17H27NO2. The fourth-order valence-electron chi connectivity index (χ4n) is 2.31. The molecule has 0 aliphatic heterocycles. The Hall–Kier alpha value is -1.51. The van der Waals surface area contributed by atoms with Gasteiger partial charge in [0.15, 0.2) is 0 Å². The first-order valence-electron chi connectivity index (χ1n) is 7.21. The van der Waals surface area contributed by atoms with E-state index in [0.717, 1.165) is 11.1 Å². The first-order chi connectivity index (χ1) is 9.20. The zero-order valence-corrected chi connectivity index (χ0v) is 13.5. The van der Waals surface area contributed by atoms with Crippen LogP contribution in [0, 0.1) is 18.3 Å². The zero-order valence-electron chi connectivity index (χ0n) is 13.5. The molecule has 2 atom stereocenters. The van der Waals surface area contributed by atoms with Gasteiger partial charge in [0.25, 0.3) is 0 Å². The number of ether oxygens (including phenoxy) is 1. The fourth-order valence-corrected chi connectivity index (χ4v) is 2.31. The van der Waals surface area contributed by atoms with Crippen molar-refractivity contribution in [2.24, 2.45) is 11.3 Å². The molecule has 3 heteroatoms. The van der Waals surface area contributed by atoms with Gasteiger partial charge in [0.2, 0.25) is 0 Å². The van der Waals surface area contributed by atoms with E-state index >= 15 is 0 Å². The van der Waals surface area contributed by atoms with Gasteiger partial charge >= 0.3 is 5.97 Å². The van der Waals surface area contributed by atoms with E-state index < -0.39 is 0 Å². The molecule has 0 heterocycles. The monoisotopic (exact) mass is 277 g/mol. The maximum atomic E-state index is 12.4. The molecule has 0 bridgehead atoms. The summed E-state index contributed by atoms with van der Waals surface area (Å²) in [5.41, 5.74) is 8.76. The average Bonchev–Trinajstić information content (AvgIpc) is 2.34. The minimum atomic E-state index is -0.324. The Balaban J connectivity index is 3.30. The fraction of sp³-hybridized carbons (Fsp3) is 0.588. The van der Waals surface area contributed by atoms with Crippen molar-refractivity contribution in [3.05, 3.63) is 29.3 Å². The number of aryl methyl sites for hydroxylation is 1. The Labute approximate surface area is 122 Å². The number of hydrogen-bond donors (Lipinski definition) is 1. The molecule has 0 radical (unpaired) electrons. The van der Waals surface area contributed by atoms with Crippen molar-refractivity contribution in [1.29, 1.82) is 0 Å². The van der Waals surface area contributed by atoms with Crippen LogP contribution in [0.25, 0.3) is 0 Å². The van der Waals surface area contributed by atoms with Crippen molar-refractivity contribution in [3.63, 3.8) is 0 Å². The number of esters is 1. The normalized spacial score (nSPS) is 14.7. The van der Waals surface area contributed by atoms with Crippen molar-refractivity contribution in [1.82, 2.24) is 0 Å². The molecule has 20 heavy (non-hydrogen) atoms. The van der Waals surface area contributed by atoms with Crippen molar-refractivity contribution < 1.29 is 9.53 Å². The summed E-state index contributed by atoms with van der Waals surface area (Å²) in [5.74, 6) is -0.382. The molecule has 1 aromatic carbocycles. The molecule has 0 aliphatic rings. The summed E-state index contributed by atoms with van der Waals surface area (Å²) in [6, 6.07) is 5.84. The number of anilines is 1. The van der Waals surface area contributed by atoms with E-state index in [1.54, 1.807) is 0 Å². The van der Waals surface area contributed by atoms with E-state index in [0.29, 0.717) is 12.3 Å².